The van der Waals surface area contributed by atoms with Crippen molar-refractivity contribution in [1.29, 1.82) is 0 Å². The highest BCUT2D eigenvalue weighted by molar-refractivity contribution is 4.72. The predicted molar refractivity (Wildman–Crippen MR) is 54.9 cm³/mol. The van der Waals surface area contributed by atoms with Crippen LogP contribution in [0, 0.1) is 5.41 Å². The molecule has 88 valence electrons. The molecule has 2 aliphatic rings. The predicted octanol–water partition coefficient (Wildman–Crippen LogP) is 0.843. The van der Waals surface area contributed by atoms with Gasteiger partial charge in [0, 0.05) is 5.41 Å². The average Bonchev–Trinajstić information content (AvgIpc) is 2.97. The number of ether oxygens (including phenoxy) is 4. The van der Waals surface area contributed by atoms with Crippen molar-refractivity contribution in [2.75, 3.05) is 39.6 Å². The summed E-state index contributed by atoms with van der Waals surface area (Å²) in [4.78, 5) is 0. The molecule has 0 aliphatic carbocycles. The molecule has 0 saturated carbocycles. The molecule has 2 fully saturated rings. The fraction of sp³-hybridized carbons (Fsp3) is 1.00. The molecule has 4 nitrogen and oxygen atoms in total. The van der Waals surface area contributed by atoms with Crippen LogP contribution in [-0.4, -0.2) is 51.8 Å². The van der Waals surface area contributed by atoms with Crippen LogP contribution in [0.3, 0.4) is 0 Å². The first-order valence-corrected chi connectivity index (χ1v) is 5.54. The maximum Gasteiger partial charge on any atom is 0.104 e. The first-order chi connectivity index (χ1) is 7.16. The second-order valence-corrected chi connectivity index (χ2v) is 5.11. The quantitative estimate of drug-likeness (QED) is 0.564. The molecule has 4 heteroatoms. The third kappa shape index (κ3) is 4.93. The lowest BCUT2D eigenvalue weighted by Crippen LogP contribution is -2.27. The molecule has 0 amide bonds. The van der Waals surface area contributed by atoms with E-state index in [0.717, 1.165) is 39.6 Å². The number of hydrogen-bond acceptors (Lipinski definition) is 4. The molecule has 0 spiro atoms. The molecule has 0 aromatic rings. The van der Waals surface area contributed by atoms with E-state index in [9.17, 15) is 0 Å². The molecule has 2 heterocycles. The fourth-order valence-corrected chi connectivity index (χ4v) is 1.30. The second kappa shape index (κ2) is 4.78. The van der Waals surface area contributed by atoms with Gasteiger partial charge in [-0.25, -0.2) is 0 Å². The van der Waals surface area contributed by atoms with Gasteiger partial charge < -0.3 is 18.9 Å². The van der Waals surface area contributed by atoms with Gasteiger partial charge in [0.1, 0.15) is 12.2 Å². The van der Waals surface area contributed by atoms with E-state index in [1.165, 1.54) is 0 Å². The van der Waals surface area contributed by atoms with Crippen molar-refractivity contribution in [1.82, 2.24) is 0 Å². The average molecular weight is 216 g/mol. The number of hydrogen-bond donors (Lipinski definition) is 0. The molecule has 15 heavy (non-hydrogen) atoms. The Bertz CT molecular complexity index is 177. The van der Waals surface area contributed by atoms with E-state index in [0.29, 0.717) is 12.2 Å². The molecule has 0 N–H and O–H groups in total. The first-order valence-electron chi connectivity index (χ1n) is 5.54. The Morgan fingerprint density at radius 1 is 1.00 bits per heavy atom. The Labute approximate surface area is 90.8 Å². The smallest absolute Gasteiger partial charge is 0.104 e. The van der Waals surface area contributed by atoms with Gasteiger partial charge in [0.25, 0.3) is 0 Å². The van der Waals surface area contributed by atoms with Gasteiger partial charge in [0.2, 0.25) is 0 Å². The molecule has 0 bridgehead atoms. The zero-order valence-electron chi connectivity index (χ0n) is 9.53. The summed E-state index contributed by atoms with van der Waals surface area (Å²) in [7, 11) is 0. The van der Waals surface area contributed by atoms with Crippen LogP contribution in [0.25, 0.3) is 0 Å². The Kier molecular flexibility index (Phi) is 3.61. The lowest BCUT2D eigenvalue weighted by Gasteiger charge is -2.23. The first kappa shape index (κ1) is 11.3. The SMILES string of the molecule is CC(C)(COC[C@@H]1CO1)COC[C@H]1CO1. The Hall–Kier alpha value is -0.160. The minimum atomic E-state index is 0.0732. The molecule has 0 unspecified atom stereocenters. The standard InChI is InChI=1S/C11H20O4/c1-11(2,7-12-3-9-5-14-9)8-13-4-10-6-15-10/h9-10H,3-8H2,1-2H3/t9-,10+. The molecular formula is C11H20O4. The molecule has 2 atom stereocenters. The Balaban J connectivity index is 1.50. The highest BCUT2D eigenvalue weighted by Crippen LogP contribution is 2.19. The molecule has 0 radical (unpaired) electrons. The Morgan fingerprint density at radius 3 is 1.73 bits per heavy atom. The van der Waals surface area contributed by atoms with Crippen LogP contribution < -0.4 is 0 Å². The number of rotatable bonds is 8. The molecule has 2 saturated heterocycles. The van der Waals surface area contributed by atoms with Crippen LogP contribution in [0.15, 0.2) is 0 Å². The minimum Gasteiger partial charge on any atom is -0.378 e. The third-order valence-corrected chi connectivity index (χ3v) is 2.40. The monoisotopic (exact) mass is 216 g/mol. The summed E-state index contributed by atoms with van der Waals surface area (Å²) < 4.78 is 21.3. The van der Waals surface area contributed by atoms with E-state index in [2.05, 4.69) is 13.8 Å². The molecule has 0 aromatic heterocycles. The van der Waals surface area contributed by atoms with E-state index in [1.807, 2.05) is 0 Å². The van der Waals surface area contributed by atoms with Gasteiger partial charge in [-0.3, -0.25) is 0 Å². The normalized spacial score (nSPS) is 29.2. The summed E-state index contributed by atoms with van der Waals surface area (Å²) in [6.45, 7) is 8.88. The molecule has 0 aromatic carbocycles. The fourth-order valence-electron chi connectivity index (χ4n) is 1.30. The van der Waals surface area contributed by atoms with Gasteiger partial charge in [-0.15, -0.1) is 0 Å². The van der Waals surface area contributed by atoms with Gasteiger partial charge in [0.05, 0.1) is 39.6 Å². The highest BCUT2D eigenvalue weighted by Gasteiger charge is 2.27. The van der Waals surface area contributed by atoms with E-state index in [4.69, 9.17) is 18.9 Å². The zero-order valence-corrected chi connectivity index (χ0v) is 9.53. The third-order valence-electron chi connectivity index (χ3n) is 2.40. The number of epoxide rings is 2. The van der Waals surface area contributed by atoms with Crippen molar-refractivity contribution >= 4 is 0 Å². The van der Waals surface area contributed by atoms with Crippen LogP contribution in [0.1, 0.15) is 13.8 Å². The lowest BCUT2D eigenvalue weighted by atomic mass is 9.96. The molecular weight excluding hydrogens is 196 g/mol. The van der Waals surface area contributed by atoms with Crippen LogP contribution >= 0.6 is 0 Å². The summed E-state index contributed by atoms with van der Waals surface area (Å²) in [6, 6.07) is 0. The zero-order chi connectivity index (χ0) is 10.7. The van der Waals surface area contributed by atoms with E-state index >= 15 is 0 Å². The highest BCUT2D eigenvalue weighted by atomic mass is 16.6. The molecule has 2 rings (SSSR count). The van der Waals surface area contributed by atoms with E-state index < -0.39 is 0 Å². The second-order valence-electron chi connectivity index (χ2n) is 5.11. The van der Waals surface area contributed by atoms with Gasteiger partial charge in [-0.1, -0.05) is 13.8 Å². The molecule has 2 aliphatic heterocycles. The lowest BCUT2D eigenvalue weighted by molar-refractivity contribution is -0.0101. The van der Waals surface area contributed by atoms with Crippen molar-refractivity contribution < 1.29 is 18.9 Å². The maximum atomic E-state index is 5.56. The van der Waals surface area contributed by atoms with E-state index in [-0.39, 0.29) is 5.41 Å². The topological polar surface area (TPSA) is 43.5 Å². The van der Waals surface area contributed by atoms with Gasteiger partial charge >= 0.3 is 0 Å². The summed E-state index contributed by atoms with van der Waals surface area (Å²) in [5, 5.41) is 0. The van der Waals surface area contributed by atoms with Crippen LogP contribution in [0.2, 0.25) is 0 Å². The van der Waals surface area contributed by atoms with Crippen LogP contribution in [0.4, 0.5) is 0 Å². The van der Waals surface area contributed by atoms with Gasteiger partial charge in [-0.2, -0.15) is 0 Å². The van der Waals surface area contributed by atoms with Crippen molar-refractivity contribution in [2.24, 2.45) is 5.41 Å². The van der Waals surface area contributed by atoms with E-state index in [1.54, 1.807) is 0 Å². The maximum absolute atomic E-state index is 5.56. The summed E-state index contributed by atoms with van der Waals surface area (Å²) in [5.74, 6) is 0. The summed E-state index contributed by atoms with van der Waals surface area (Å²) in [6.07, 6.45) is 0.697. The van der Waals surface area contributed by atoms with Gasteiger partial charge in [0.15, 0.2) is 0 Å². The van der Waals surface area contributed by atoms with Crippen molar-refractivity contribution in [3.63, 3.8) is 0 Å². The minimum absolute atomic E-state index is 0.0732. The van der Waals surface area contributed by atoms with Crippen LogP contribution in [-0.2, 0) is 18.9 Å². The Morgan fingerprint density at radius 2 is 1.40 bits per heavy atom. The summed E-state index contributed by atoms with van der Waals surface area (Å²) in [5.41, 5.74) is 0.0732. The van der Waals surface area contributed by atoms with Crippen LogP contribution in [0.5, 0.6) is 0 Å². The van der Waals surface area contributed by atoms with Gasteiger partial charge in [-0.05, 0) is 0 Å². The summed E-state index contributed by atoms with van der Waals surface area (Å²) >= 11 is 0. The van der Waals surface area contributed by atoms with Crippen molar-refractivity contribution in [3.05, 3.63) is 0 Å². The van der Waals surface area contributed by atoms with Crippen molar-refractivity contribution in [2.45, 2.75) is 26.1 Å². The largest absolute Gasteiger partial charge is 0.378 e. The van der Waals surface area contributed by atoms with Crippen molar-refractivity contribution in [3.8, 4) is 0 Å².